The fourth-order valence-electron chi connectivity index (χ4n) is 3.96. The van der Waals surface area contributed by atoms with E-state index in [0.717, 1.165) is 38.0 Å². The van der Waals surface area contributed by atoms with E-state index < -0.39 is 12.1 Å². The van der Waals surface area contributed by atoms with E-state index in [1.54, 1.807) is 31.0 Å². The third-order valence-corrected chi connectivity index (χ3v) is 5.40. The topological polar surface area (TPSA) is 85.7 Å². The van der Waals surface area contributed by atoms with Crippen LogP contribution in [0.1, 0.15) is 23.3 Å². The van der Waals surface area contributed by atoms with Crippen LogP contribution in [0.2, 0.25) is 0 Å². The van der Waals surface area contributed by atoms with Crippen LogP contribution < -0.4 is 10.1 Å². The van der Waals surface area contributed by atoms with Gasteiger partial charge in [-0.2, -0.15) is 5.10 Å². The zero-order valence-electron chi connectivity index (χ0n) is 14.9. The number of aromatic nitrogens is 2. The lowest BCUT2D eigenvalue weighted by Gasteiger charge is -2.44. The van der Waals surface area contributed by atoms with Gasteiger partial charge in [-0.05, 0) is 50.0 Å². The summed E-state index contributed by atoms with van der Waals surface area (Å²) < 4.78 is 11.8. The molecule has 5 rings (SSSR count). The Labute approximate surface area is 151 Å². The third kappa shape index (κ3) is 3.01. The molecule has 0 aliphatic carbocycles. The van der Waals surface area contributed by atoms with E-state index in [1.807, 2.05) is 6.07 Å². The minimum atomic E-state index is -0.761. The highest BCUT2D eigenvalue weighted by Gasteiger charge is 2.35. The van der Waals surface area contributed by atoms with Gasteiger partial charge in [-0.1, -0.05) is 0 Å². The molecule has 2 aromatic rings. The largest absolute Gasteiger partial charge is 0.497 e. The minimum Gasteiger partial charge on any atom is -0.497 e. The Bertz CT molecular complexity index is 854. The Morgan fingerprint density at radius 2 is 2.04 bits per heavy atom. The Balaban J connectivity index is 1.47. The van der Waals surface area contributed by atoms with E-state index in [2.05, 4.69) is 15.3 Å². The molecule has 0 unspecified atom stereocenters. The molecule has 3 aliphatic heterocycles. The first-order valence-electron chi connectivity index (χ1n) is 8.81. The van der Waals surface area contributed by atoms with Crippen LogP contribution in [0.5, 0.6) is 5.75 Å². The molecule has 26 heavy (non-hydrogen) atoms. The van der Waals surface area contributed by atoms with E-state index in [1.165, 1.54) is 0 Å². The molecule has 8 heteroatoms. The number of nitrogens with one attached hydrogen (secondary N) is 1. The van der Waals surface area contributed by atoms with E-state index in [9.17, 15) is 9.59 Å². The summed E-state index contributed by atoms with van der Waals surface area (Å²) in [6, 6.07) is 5.35. The van der Waals surface area contributed by atoms with E-state index in [4.69, 9.17) is 9.47 Å². The van der Waals surface area contributed by atoms with Crippen molar-refractivity contribution in [2.24, 2.45) is 13.0 Å². The number of carbonyl (C=O) groups excluding carboxylic acids is 2. The van der Waals surface area contributed by atoms with Gasteiger partial charge < -0.3 is 19.7 Å². The van der Waals surface area contributed by atoms with Crippen molar-refractivity contribution in [2.45, 2.75) is 18.9 Å². The standard InChI is InChI=1S/C18H22N4O4/c1-21-15-4-3-12(25-2)9-13(15)16(20-21)17(23)26-18(24)19-14-10-22-7-5-11(14)6-8-22/h3-4,9,11,14H,5-8,10H2,1-2H3,(H,19,24)/t14-/m0/s1. The van der Waals surface area contributed by atoms with Gasteiger partial charge in [-0.3, -0.25) is 4.68 Å². The molecule has 0 saturated carbocycles. The molecule has 3 fully saturated rings. The summed E-state index contributed by atoms with van der Waals surface area (Å²) in [6.45, 7) is 2.98. The summed E-state index contributed by atoms with van der Waals surface area (Å²) in [5.74, 6) is 0.307. The molecule has 3 aliphatic rings. The molecule has 138 valence electrons. The molecule has 4 heterocycles. The number of ether oxygens (including phenoxy) is 2. The lowest BCUT2D eigenvalue weighted by molar-refractivity contribution is 0.0519. The maximum absolute atomic E-state index is 12.5. The van der Waals surface area contributed by atoms with Crippen molar-refractivity contribution < 1.29 is 19.1 Å². The maximum atomic E-state index is 12.5. The van der Waals surface area contributed by atoms with Crippen molar-refractivity contribution in [3.05, 3.63) is 23.9 Å². The second-order valence-electron chi connectivity index (χ2n) is 6.92. The molecular formula is C18H22N4O4. The van der Waals surface area contributed by atoms with Gasteiger partial charge in [0.25, 0.3) is 0 Å². The molecule has 1 aromatic heterocycles. The number of alkyl carbamates (subject to hydrolysis) is 1. The second-order valence-corrected chi connectivity index (χ2v) is 6.92. The van der Waals surface area contributed by atoms with Crippen LogP contribution in [0, 0.1) is 5.92 Å². The molecule has 3 saturated heterocycles. The number of benzene rings is 1. The number of rotatable bonds is 3. The average molecular weight is 358 g/mol. The summed E-state index contributed by atoms with van der Waals surface area (Å²) in [4.78, 5) is 27.0. The van der Waals surface area contributed by atoms with Crippen molar-refractivity contribution in [2.75, 3.05) is 26.7 Å². The molecule has 1 N–H and O–H groups in total. The Kier molecular flexibility index (Phi) is 4.28. The van der Waals surface area contributed by atoms with E-state index >= 15 is 0 Å². The number of esters is 1. The van der Waals surface area contributed by atoms with Crippen LogP contribution in [0.25, 0.3) is 10.9 Å². The van der Waals surface area contributed by atoms with Crippen molar-refractivity contribution in [3.8, 4) is 5.75 Å². The molecule has 8 nitrogen and oxygen atoms in total. The first kappa shape index (κ1) is 16.8. The van der Waals surface area contributed by atoms with E-state index in [-0.39, 0.29) is 11.7 Å². The number of methoxy groups -OCH3 is 1. The van der Waals surface area contributed by atoms with Gasteiger partial charge in [0.1, 0.15) is 5.75 Å². The maximum Gasteiger partial charge on any atom is 0.415 e. The quantitative estimate of drug-likeness (QED) is 0.662. The predicted molar refractivity (Wildman–Crippen MR) is 94.2 cm³/mol. The van der Waals surface area contributed by atoms with Gasteiger partial charge in [0.15, 0.2) is 5.69 Å². The summed E-state index contributed by atoms with van der Waals surface area (Å²) in [7, 11) is 3.29. The van der Waals surface area contributed by atoms with Crippen LogP contribution in [0.4, 0.5) is 4.79 Å². The molecule has 1 amide bonds. The second kappa shape index (κ2) is 6.60. The SMILES string of the molecule is COc1ccc2c(c1)c(C(=O)OC(=O)N[C@H]1CN3CCC1CC3)nn2C. The fraction of sp³-hybridized carbons (Fsp3) is 0.500. The zero-order chi connectivity index (χ0) is 18.3. The number of nitrogens with zero attached hydrogens (tertiary/aromatic N) is 3. The number of piperidine rings is 3. The highest BCUT2D eigenvalue weighted by atomic mass is 16.6. The van der Waals surface area contributed by atoms with Crippen molar-refractivity contribution >= 4 is 23.0 Å². The number of aryl methyl sites for hydroxylation is 1. The summed E-state index contributed by atoms with van der Waals surface area (Å²) >= 11 is 0. The monoisotopic (exact) mass is 358 g/mol. The zero-order valence-corrected chi connectivity index (χ0v) is 14.9. The van der Waals surface area contributed by atoms with Crippen LogP contribution in [0.15, 0.2) is 18.2 Å². The van der Waals surface area contributed by atoms with Gasteiger partial charge in [-0.25, -0.2) is 9.59 Å². The van der Waals surface area contributed by atoms with Gasteiger partial charge in [-0.15, -0.1) is 0 Å². The van der Waals surface area contributed by atoms with Gasteiger partial charge in [0.05, 0.1) is 12.6 Å². The summed E-state index contributed by atoms with van der Waals surface area (Å²) in [6.07, 6.45) is 1.43. The number of amides is 1. The molecule has 0 spiro atoms. The van der Waals surface area contributed by atoms with Gasteiger partial charge in [0.2, 0.25) is 0 Å². The first-order chi connectivity index (χ1) is 12.5. The molecular weight excluding hydrogens is 336 g/mol. The minimum absolute atomic E-state index is 0.0402. The lowest BCUT2D eigenvalue weighted by Crippen LogP contribution is -2.57. The predicted octanol–water partition coefficient (Wildman–Crippen LogP) is 1.54. The summed E-state index contributed by atoms with van der Waals surface area (Å²) in [5.41, 5.74) is 0.862. The van der Waals surface area contributed by atoms with Crippen molar-refractivity contribution in [3.63, 3.8) is 0 Å². The molecule has 1 atom stereocenters. The number of carbonyl (C=O) groups is 2. The average Bonchev–Trinajstić information content (AvgIpc) is 2.99. The van der Waals surface area contributed by atoms with Gasteiger partial charge >= 0.3 is 12.1 Å². The Hall–Kier alpha value is -2.61. The number of hydrogen-bond acceptors (Lipinski definition) is 6. The first-order valence-corrected chi connectivity index (χ1v) is 8.81. The molecule has 1 aromatic carbocycles. The van der Waals surface area contributed by atoms with Crippen LogP contribution in [-0.4, -0.2) is 59.5 Å². The fourth-order valence-corrected chi connectivity index (χ4v) is 3.96. The molecule has 2 bridgehead atoms. The van der Waals surface area contributed by atoms with Crippen molar-refractivity contribution in [1.29, 1.82) is 0 Å². The van der Waals surface area contributed by atoms with Crippen LogP contribution in [0.3, 0.4) is 0 Å². The molecule has 0 radical (unpaired) electrons. The highest BCUT2D eigenvalue weighted by Crippen LogP contribution is 2.28. The Morgan fingerprint density at radius 1 is 1.27 bits per heavy atom. The third-order valence-electron chi connectivity index (χ3n) is 5.40. The number of hydrogen-bond donors (Lipinski definition) is 1. The van der Waals surface area contributed by atoms with Crippen LogP contribution >= 0.6 is 0 Å². The van der Waals surface area contributed by atoms with Crippen molar-refractivity contribution in [1.82, 2.24) is 20.0 Å². The van der Waals surface area contributed by atoms with Gasteiger partial charge in [0, 0.05) is 25.0 Å². The summed E-state index contributed by atoms with van der Waals surface area (Å²) in [5, 5.41) is 7.64. The highest BCUT2D eigenvalue weighted by molar-refractivity contribution is 6.05. The van der Waals surface area contributed by atoms with Crippen LogP contribution in [-0.2, 0) is 11.8 Å². The van der Waals surface area contributed by atoms with E-state index in [0.29, 0.717) is 17.1 Å². The number of fused-ring (bicyclic) bond motifs is 4. The lowest BCUT2D eigenvalue weighted by atomic mass is 9.84. The smallest absolute Gasteiger partial charge is 0.415 e. The Morgan fingerprint density at radius 3 is 2.69 bits per heavy atom. The normalized spacial score (nSPS) is 24.5.